The zero-order valence-corrected chi connectivity index (χ0v) is 9.57. The molecular formula is C7H5F2IN2O3. The van der Waals surface area contributed by atoms with Gasteiger partial charge in [0.25, 0.3) is 12.1 Å². The number of nitrogens with zero attached hydrogens (tertiary/aromatic N) is 2. The highest BCUT2D eigenvalue weighted by Crippen LogP contribution is 2.32. The molecule has 0 aliphatic carbocycles. The summed E-state index contributed by atoms with van der Waals surface area (Å²) in [5, 5.41) is 10.5. The van der Waals surface area contributed by atoms with Crippen molar-refractivity contribution in [2.24, 2.45) is 0 Å². The highest BCUT2D eigenvalue weighted by Gasteiger charge is 2.26. The fourth-order valence-electron chi connectivity index (χ4n) is 0.926. The topological polar surface area (TPSA) is 65.3 Å². The van der Waals surface area contributed by atoms with E-state index in [-0.39, 0.29) is 5.88 Å². The van der Waals surface area contributed by atoms with Gasteiger partial charge in [-0.3, -0.25) is 10.1 Å². The van der Waals surface area contributed by atoms with E-state index in [1.165, 1.54) is 7.11 Å². The van der Waals surface area contributed by atoms with E-state index in [2.05, 4.69) is 4.98 Å². The Balaban J connectivity index is 3.38. The summed E-state index contributed by atoms with van der Waals surface area (Å²) in [6.45, 7) is 0. The molecule has 0 saturated heterocycles. The minimum atomic E-state index is -3.00. The molecule has 15 heavy (non-hydrogen) atoms. The molecule has 0 aliphatic rings. The Labute approximate surface area is 96.7 Å². The third-order valence-corrected chi connectivity index (χ3v) is 2.32. The number of hydrogen-bond donors (Lipinski definition) is 0. The lowest BCUT2D eigenvalue weighted by Crippen LogP contribution is -2.02. The van der Waals surface area contributed by atoms with Gasteiger partial charge in [0.05, 0.1) is 15.6 Å². The Kier molecular flexibility index (Phi) is 3.72. The van der Waals surface area contributed by atoms with Crippen molar-refractivity contribution in [3.8, 4) is 5.88 Å². The number of methoxy groups -OCH3 is 1. The van der Waals surface area contributed by atoms with Gasteiger partial charge in [-0.2, -0.15) is 0 Å². The molecule has 0 aromatic carbocycles. The van der Waals surface area contributed by atoms with Crippen LogP contribution in [0.2, 0.25) is 0 Å². The maximum absolute atomic E-state index is 12.4. The second-order valence-corrected chi connectivity index (χ2v) is 3.60. The predicted octanol–water partition coefficient (Wildman–Crippen LogP) is 2.54. The van der Waals surface area contributed by atoms with Crippen molar-refractivity contribution in [3.05, 3.63) is 25.4 Å². The number of ether oxygens (including phenoxy) is 1. The van der Waals surface area contributed by atoms with Gasteiger partial charge in [-0.25, -0.2) is 13.8 Å². The first kappa shape index (κ1) is 12.0. The largest absolute Gasteiger partial charge is 0.480 e. The molecule has 1 aromatic heterocycles. The summed E-state index contributed by atoms with van der Waals surface area (Å²) < 4.78 is 29.8. The monoisotopic (exact) mass is 330 g/mol. The molecular weight excluding hydrogens is 325 g/mol. The molecule has 0 atom stereocenters. The highest BCUT2D eigenvalue weighted by atomic mass is 127. The van der Waals surface area contributed by atoms with Gasteiger partial charge in [0, 0.05) is 6.07 Å². The standard InChI is InChI=1S/C7H5F2IN2O3/c1-15-7-3(10)2-4(12(13)14)5(11-7)6(8)9/h2,6H,1H3. The molecule has 0 saturated carbocycles. The fraction of sp³-hybridized carbons (Fsp3) is 0.286. The third kappa shape index (κ3) is 2.49. The van der Waals surface area contributed by atoms with Crippen LogP contribution in [0.5, 0.6) is 5.88 Å². The number of nitro groups is 1. The summed E-state index contributed by atoms with van der Waals surface area (Å²) in [5.41, 5.74) is -1.58. The molecule has 0 amide bonds. The van der Waals surface area contributed by atoms with Crippen LogP contribution in [0.15, 0.2) is 6.07 Å². The van der Waals surface area contributed by atoms with Gasteiger partial charge < -0.3 is 4.74 Å². The van der Waals surface area contributed by atoms with Crippen molar-refractivity contribution in [1.29, 1.82) is 0 Å². The van der Waals surface area contributed by atoms with Gasteiger partial charge in [-0.05, 0) is 22.6 Å². The van der Waals surface area contributed by atoms with Gasteiger partial charge >= 0.3 is 0 Å². The van der Waals surface area contributed by atoms with Crippen LogP contribution in [-0.4, -0.2) is 17.0 Å². The first-order valence-electron chi connectivity index (χ1n) is 3.64. The van der Waals surface area contributed by atoms with E-state index in [4.69, 9.17) is 4.74 Å². The molecule has 0 unspecified atom stereocenters. The molecule has 1 aromatic rings. The molecule has 0 radical (unpaired) electrons. The van der Waals surface area contributed by atoms with E-state index in [1.807, 2.05) is 0 Å². The molecule has 0 bridgehead atoms. The van der Waals surface area contributed by atoms with Crippen LogP contribution in [0, 0.1) is 13.7 Å². The van der Waals surface area contributed by atoms with Crippen LogP contribution in [-0.2, 0) is 0 Å². The van der Waals surface area contributed by atoms with Crippen LogP contribution in [0.1, 0.15) is 12.1 Å². The van der Waals surface area contributed by atoms with E-state index < -0.39 is 22.7 Å². The minimum Gasteiger partial charge on any atom is -0.480 e. The summed E-state index contributed by atoms with van der Waals surface area (Å²) in [5.74, 6) is -0.0449. The van der Waals surface area contributed by atoms with Crippen LogP contribution < -0.4 is 4.74 Å². The van der Waals surface area contributed by atoms with Crippen molar-refractivity contribution in [3.63, 3.8) is 0 Å². The third-order valence-electron chi connectivity index (χ3n) is 1.55. The molecule has 5 nitrogen and oxygen atoms in total. The highest BCUT2D eigenvalue weighted by molar-refractivity contribution is 14.1. The Morgan fingerprint density at radius 2 is 2.27 bits per heavy atom. The Hall–Kier alpha value is -1.06. The molecule has 0 spiro atoms. The molecule has 8 heteroatoms. The lowest BCUT2D eigenvalue weighted by atomic mass is 10.3. The van der Waals surface area contributed by atoms with Crippen LogP contribution >= 0.6 is 22.6 Å². The molecule has 82 valence electrons. The molecule has 0 N–H and O–H groups in total. The van der Waals surface area contributed by atoms with Crippen molar-refractivity contribution >= 4 is 28.3 Å². The quantitative estimate of drug-likeness (QED) is 0.485. The number of pyridine rings is 1. The number of aromatic nitrogens is 1. The second kappa shape index (κ2) is 4.64. The Bertz CT molecular complexity index is 400. The number of rotatable bonds is 3. The molecule has 1 rings (SSSR count). The maximum Gasteiger partial charge on any atom is 0.298 e. The zero-order valence-electron chi connectivity index (χ0n) is 7.41. The first-order chi connectivity index (χ1) is 6.97. The summed E-state index contributed by atoms with van der Waals surface area (Å²) in [4.78, 5) is 13.0. The van der Waals surface area contributed by atoms with E-state index >= 15 is 0 Å². The average molecular weight is 330 g/mol. The van der Waals surface area contributed by atoms with Crippen LogP contribution in [0.4, 0.5) is 14.5 Å². The van der Waals surface area contributed by atoms with Gasteiger partial charge in [0.1, 0.15) is 0 Å². The lowest BCUT2D eigenvalue weighted by molar-refractivity contribution is -0.386. The molecule has 0 aliphatic heterocycles. The average Bonchev–Trinajstić information content (AvgIpc) is 2.16. The van der Waals surface area contributed by atoms with E-state index in [9.17, 15) is 18.9 Å². The summed E-state index contributed by atoms with van der Waals surface area (Å²) in [7, 11) is 1.26. The van der Waals surface area contributed by atoms with E-state index in [0.717, 1.165) is 6.07 Å². The second-order valence-electron chi connectivity index (χ2n) is 2.44. The van der Waals surface area contributed by atoms with Crippen molar-refractivity contribution in [2.75, 3.05) is 7.11 Å². The van der Waals surface area contributed by atoms with Crippen molar-refractivity contribution in [1.82, 2.24) is 4.98 Å². The van der Waals surface area contributed by atoms with Crippen LogP contribution in [0.25, 0.3) is 0 Å². The van der Waals surface area contributed by atoms with Crippen LogP contribution in [0.3, 0.4) is 0 Å². The van der Waals surface area contributed by atoms with E-state index in [0.29, 0.717) is 3.57 Å². The van der Waals surface area contributed by atoms with Crippen molar-refractivity contribution < 1.29 is 18.4 Å². The predicted molar refractivity (Wildman–Crippen MR) is 55.1 cm³/mol. The number of hydrogen-bond acceptors (Lipinski definition) is 4. The summed E-state index contributed by atoms with van der Waals surface area (Å²) in [6.07, 6.45) is -3.00. The smallest absolute Gasteiger partial charge is 0.298 e. The zero-order chi connectivity index (χ0) is 11.6. The number of halogens is 3. The first-order valence-corrected chi connectivity index (χ1v) is 4.72. The number of alkyl halides is 2. The molecule has 1 heterocycles. The normalized spacial score (nSPS) is 10.5. The Morgan fingerprint density at radius 1 is 1.67 bits per heavy atom. The van der Waals surface area contributed by atoms with Gasteiger partial charge in [0.2, 0.25) is 5.88 Å². The maximum atomic E-state index is 12.4. The van der Waals surface area contributed by atoms with Crippen molar-refractivity contribution in [2.45, 2.75) is 6.43 Å². The molecule has 0 fully saturated rings. The Morgan fingerprint density at radius 3 is 2.67 bits per heavy atom. The minimum absolute atomic E-state index is 0.0449. The summed E-state index contributed by atoms with van der Waals surface area (Å²) in [6, 6.07) is 1.01. The summed E-state index contributed by atoms with van der Waals surface area (Å²) >= 11 is 1.72. The van der Waals surface area contributed by atoms with Gasteiger partial charge in [-0.15, -0.1) is 0 Å². The van der Waals surface area contributed by atoms with Gasteiger partial charge in [0.15, 0.2) is 5.69 Å². The SMILES string of the molecule is COc1nc(C(F)F)c([N+](=O)[O-])cc1I. The lowest BCUT2D eigenvalue weighted by Gasteiger charge is -2.05. The van der Waals surface area contributed by atoms with Gasteiger partial charge in [-0.1, -0.05) is 0 Å². The van der Waals surface area contributed by atoms with E-state index in [1.54, 1.807) is 22.6 Å². The fourth-order valence-corrected chi connectivity index (χ4v) is 1.56.